The molecule has 0 N–H and O–H groups in total. The molecule has 15 heavy (non-hydrogen) atoms. The first-order chi connectivity index (χ1) is 6.10. The predicted octanol–water partition coefficient (Wildman–Crippen LogP) is -1.10. The van der Waals surface area contributed by atoms with Crippen molar-refractivity contribution in [1.82, 2.24) is 0 Å². The molecular weight excluding hydrogens is 222 g/mol. The van der Waals surface area contributed by atoms with Gasteiger partial charge in [0.15, 0.2) is 0 Å². The normalized spacial score (nSPS) is 7.53. The van der Waals surface area contributed by atoms with Crippen molar-refractivity contribution in [2.45, 2.75) is 12.8 Å². The molecule has 0 aromatic rings. The molecule has 0 aliphatic rings. The quantitative estimate of drug-likeness (QED) is 0.267. The van der Waals surface area contributed by atoms with Gasteiger partial charge in [0.2, 0.25) is 0 Å². The molecule has 76 valence electrons. The van der Waals surface area contributed by atoms with Crippen molar-refractivity contribution in [1.29, 1.82) is 0 Å². The molecule has 0 radical (unpaired) electrons. The Bertz CT molecular complexity index is 239. The SMILES string of the molecule is C=CC(=O)OC(=O)CCC(=O)OC.[NaH].[NaH]. The number of ether oxygens (including phenoxy) is 2. The van der Waals surface area contributed by atoms with Crippen LogP contribution in [0.25, 0.3) is 0 Å². The van der Waals surface area contributed by atoms with Crippen LogP contribution in [-0.2, 0) is 23.9 Å². The molecule has 0 spiro atoms. The van der Waals surface area contributed by atoms with Crippen LogP contribution in [0.3, 0.4) is 0 Å². The van der Waals surface area contributed by atoms with Crippen LogP contribution in [-0.4, -0.2) is 84.1 Å². The van der Waals surface area contributed by atoms with Crippen molar-refractivity contribution in [3.05, 3.63) is 12.7 Å². The third-order valence-electron chi connectivity index (χ3n) is 1.14. The number of hydrogen-bond acceptors (Lipinski definition) is 5. The Morgan fingerprint density at radius 1 is 1.13 bits per heavy atom. The number of esters is 3. The average Bonchev–Trinajstić information content (AvgIpc) is 2.13. The standard InChI is InChI=1S/C8H10O5.2Na.2H/c1-3-6(9)13-8(11)5-4-7(10)12-2;;;;/h3H,1,4-5H2,2H3;;;;. The molecule has 0 saturated heterocycles. The zero-order chi connectivity index (χ0) is 10.3. The number of methoxy groups -OCH3 is 1. The monoisotopic (exact) mass is 234 g/mol. The topological polar surface area (TPSA) is 69.7 Å². The molecular formula is C8H12Na2O5. The predicted molar refractivity (Wildman–Crippen MR) is 56.8 cm³/mol. The van der Waals surface area contributed by atoms with Gasteiger partial charge in [0, 0.05) is 6.08 Å². The molecule has 0 aromatic carbocycles. The Morgan fingerprint density at radius 3 is 2.00 bits per heavy atom. The van der Waals surface area contributed by atoms with Crippen molar-refractivity contribution in [2.24, 2.45) is 0 Å². The summed E-state index contributed by atoms with van der Waals surface area (Å²) in [4.78, 5) is 31.7. The van der Waals surface area contributed by atoms with Crippen molar-refractivity contribution in [2.75, 3.05) is 7.11 Å². The molecule has 7 heteroatoms. The van der Waals surface area contributed by atoms with Gasteiger partial charge in [-0.05, 0) is 0 Å². The maximum absolute atomic E-state index is 10.7. The summed E-state index contributed by atoms with van der Waals surface area (Å²) in [5.74, 6) is -2.12. The summed E-state index contributed by atoms with van der Waals surface area (Å²) in [6.45, 7) is 3.11. The Labute approximate surface area is 132 Å². The van der Waals surface area contributed by atoms with Gasteiger partial charge in [-0.15, -0.1) is 0 Å². The second-order valence-electron chi connectivity index (χ2n) is 2.07. The molecule has 0 bridgehead atoms. The van der Waals surface area contributed by atoms with Gasteiger partial charge in [-0.25, -0.2) is 4.79 Å². The van der Waals surface area contributed by atoms with Gasteiger partial charge in [-0.3, -0.25) is 9.59 Å². The molecule has 0 aliphatic heterocycles. The first kappa shape index (κ1) is 20.7. The third kappa shape index (κ3) is 12.3. The molecule has 0 amide bonds. The van der Waals surface area contributed by atoms with Crippen molar-refractivity contribution < 1.29 is 23.9 Å². The molecule has 0 saturated carbocycles. The number of carbonyl (C=O) groups excluding carboxylic acids is 3. The van der Waals surface area contributed by atoms with Gasteiger partial charge in [0.25, 0.3) is 0 Å². The van der Waals surface area contributed by atoms with Crippen LogP contribution in [0.5, 0.6) is 0 Å². The fourth-order valence-electron chi connectivity index (χ4n) is 0.511. The summed E-state index contributed by atoms with van der Waals surface area (Å²) >= 11 is 0. The Hall–Kier alpha value is 0.350. The van der Waals surface area contributed by atoms with Crippen LogP contribution < -0.4 is 0 Å². The first-order valence-electron chi connectivity index (χ1n) is 3.54. The van der Waals surface area contributed by atoms with Crippen LogP contribution in [0.1, 0.15) is 12.8 Å². The summed E-state index contributed by atoms with van der Waals surface area (Å²) in [5.41, 5.74) is 0. The van der Waals surface area contributed by atoms with Crippen LogP contribution in [0.4, 0.5) is 0 Å². The summed E-state index contributed by atoms with van der Waals surface area (Å²) in [7, 11) is 1.21. The van der Waals surface area contributed by atoms with E-state index in [1.807, 2.05) is 0 Å². The Morgan fingerprint density at radius 2 is 1.60 bits per heavy atom. The van der Waals surface area contributed by atoms with Gasteiger partial charge < -0.3 is 9.47 Å². The van der Waals surface area contributed by atoms with Gasteiger partial charge in [-0.2, -0.15) is 0 Å². The van der Waals surface area contributed by atoms with Crippen LogP contribution in [0.15, 0.2) is 12.7 Å². The summed E-state index contributed by atoms with van der Waals surface area (Å²) in [5, 5.41) is 0. The van der Waals surface area contributed by atoms with Crippen LogP contribution in [0.2, 0.25) is 0 Å². The second kappa shape index (κ2) is 12.4. The molecule has 0 unspecified atom stereocenters. The van der Waals surface area contributed by atoms with Crippen LogP contribution >= 0.6 is 0 Å². The second-order valence-corrected chi connectivity index (χ2v) is 2.07. The molecule has 0 atom stereocenters. The Balaban J connectivity index is -0.000000720. The fourth-order valence-corrected chi connectivity index (χ4v) is 0.511. The number of carbonyl (C=O) groups is 3. The van der Waals surface area contributed by atoms with Gasteiger partial charge >= 0.3 is 77.0 Å². The van der Waals surface area contributed by atoms with Crippen molar-refractivity contribution in [3.8, 4) is 0 Å². The van der Waals surface area contributed by atoms with E-state index in [0.717, 1.165) is 6.08 Å². The third-order valence-corrected chi connectivity index (χ3v) is 1.14. The van der Waals surface area contributed by atoms with Gasteiger partial charge in [0.05, 0.1) is 20.0 Å². The van der Waals surface area contributed by atoms with E-state index in [2.05, 4.69) is 16.1 Å². The molecule has 0 aliphatic carbocycles. The summed E-state index contributed by atoms with van der Waals surface area (Å²) in [6.07, 6.45) is 0.599. The van der Waals surface area contributed by atoms with Crippen molar-refractivity contribution in [3.63, 3.8) is 0 Å². The van der Waals surface area contributed by atoms with Gasteiger partial charge in [0.1, 0.15) is 0 Å². The van der Waals surface area contributed by atoms with Crippen molar-refractivity contribution >= 4 is 77.0 Å². The summed E-state index contributed by atoms with van der Waals surface area (Å²) < 4.78 is 8.47. The zero-order valence-corrected chi connectivity index (χ0v) is 7.24. The molecule has 5 nitrogen and oxygen atoms in total. The number of rotatable bonds is 4. The first-order valence-corrected chi connectivity index (χ1v) is 3.54. The van der Waals surface area contributed by atoms with E-state index >= 15 is 0 Å². The van der Waals surface area contributed by atoms with E-state index in [4.69, 9.17) is 0 Å². The molecule has 0 aromatic heterocycles. The maximum atomic E-state index is 10.7. The molecule has 0 heterocycles. The van der Waals surface area contributed by atoms with E-state index in [1.54, 1.807) is 0 Å². The minimum atomic E-state index is -0.824. The van der Waals surface area contributed by atoms with E-state index in [0.29, 0.717) is 0 Å². The fraction of sp³-hybridized carbons (Fsp3) is 0.375. The van der Waals surface area contributed by atoms with E-state index in [9.17, 15) is 14.4 Å². The van der Waals surface area contributed by atoms with Crippen LogP contribution in [0, 0.1) is 0 Å². The Kier molecular flexibility index (Phi) is 17.2. The minimum absolute atomic E-state index is 0. The average molecular weight is 234 g/mol. The van der Waals surface area contributed by atoms with E-state index in [1.165, 1.54) is 7.11 Å². The van der Waals surface area contributed by atoms with E-state index in [-0.39, 0.29) is 72.0 Å². The number of hydrogen-bond donors (Lipinski definition) is 0. The summed E-state index contributed by atoms with van der Waals surface area (Å²) in [6, 6.07) is 0. The molecule has 0 rings (SSSR count). The van der Waals surface area contributed by atoms with E-state index < -0.39 is 17.9 Å². The van der Waals surface area contributed by atoms with Gasteiger partial charge in [-0.1, -0.05) is 6.58 Å². The molecule has 0 fully saturated rings. The zero-order valence-electron chi connectivity index (χ0n) is 7.24.